The van der Waals surface area contributed by atoms with Crippen molar-refractivity contribution in [1.29, 1.82) is 0 Å². The van der Waals surface area contributed by atoms with Crippen LogP contribution >= 0.6 is 0 Å². The second-order valence-electron chi connectivity index (χ2n) is 5.25. The van der Waals surface area contributed by atoms with Crippen LogP contribution in [0.15, 0.2) is 16.7 Å². The normalized spacial score (nSPS) is 16.0. The number of nitrogens with zero attached hydrogens (tertiary/aromatic N) is 5. The molecule has 3 rings (SSSR count). The smallest absolute Gasteiger partial charge is 0.306 e. The first-order chi connectivity index (χ1) is 10.7. The number of hydrogen-bond acceptors (Lipinski definition) is 7. The van der Waals surface area contributed by atoms with E-state index in [-0.39, 0.29) is 5.92 Å². The Balaban J connectivity index is 1.68. The lowest BCUT2D eigenvalue weighted by molar-refractivity contribution is -0.142. The van der Waals surface area contributed by atoms with Gasteiger partial charge in [-0.2, -0.15) is 4.98 Å². The van der Waals surface area contributed by atoms with Gasteiger partial charge in [0.05, 0.1) is 5.92 Å². The molecule has 0 aromatic carbocycles. The molecule has 1 fully saturated rings. The van der Waals surface area contributed by atoms with Crippen LogP contribution in [-0.2, 0) is 11.2 Å². The molecular formula is C14H17N5O3. The summed E-state index contributed by atoms with van der Waals surface area (Å²) in [7, 11) is 0. The molecule has 0 radical (unpaired) electrons. The Hall–Kier alpha value is -2.51. The van der Waals surface area contributed by atoms with Gasteiger partial charge in [0.25, 0.3) is 5.89 Å². The minimum absolute atomic E-state index is 0.255. The molecule has 8 heteroatoms. The van der Waals surface area contributed by atoms with Crippen LogP contribution in [0.2, 0.25) is 0 Å². The second kappa shape index (κ2) is 6.08. The van der Waals surface area contributed by atoms with Gasteiger partial charge in [0.15, 0.2) is 17.3 Å². The molecule has 2 aromatic rings. The Morgan fingerprint density at radius 2 is 2.14 bits per heavy atom. The van der Waals surface area contributed by atoms with Gasteiger partial charge in [-0.3, -0.25) is 4.79 Å². The standard InChI is InChI=1S/C14H17N5O3/c1-2-11-15-13(22-18-11)10-3-4-12(17-16-10)19-7-5-9(6-8-19)14(20)21/h3-4,9H,2,5-8H2,1H3,(H,20,21). The van der Waals surface area contributed by atoms with Crippen LogP contribution < -0.4 is 4.90 Å². The largest absolute Gasteiger partial charge is 0.481 e. The maximum Gasteiger partial charge on any atom is 0.306 e. The van der Waals surface area contributed by atoms with E-state index < -0.39 is 5.97 Å². The van der Waals surface area contributed by atoms with Crippen molar-refractivity contribution < 1.29 is 14.4 Å². The monoisotopic (exact) mass is 303 g/mol. The van der Waals surface area contributed by atoms with Crippen LogP contribution in [0, 0.1) is 5.92 Å². The first-order valence-corrected chi connectivity index (χ1v) is 7.32. The molecule has 8 nitrogen and oxygen atoms in total. The quantitative estimate of drug-likeness (QED) is 0.903. The maximum atomic E-state index is 11.0. The van der Waals surface area contributed by atoms with Crippen molar-refractivity contribution in [3.63, 3.8) is 0 Å². The molecule has 0 bridgehead atoms. The number of hydrogen-bond donors (Lipinski definition) is 1. The number of aromatic nitrogens is 4. The summed E-state index contributed by atoms with van der Waals surface area (Å²) in [5.74, 6) is 0.762. The molecule has 1 N–H and O–H groups in total. The summed E-state index contributed by atoms with van der Waals surface area (Å²) >= 11 is 0. The van der Waals surface area contributed by atoms with Crippen molar-refractivity contribution in [3.8, 4) is 11.6 Å². The molecule has 116 valence electrons. The first-order valence-electron chi connectivity index (χ1n) is 7.32. The van der Waals surface area contributed by atoms with E-state index in [1.54, 1.807) is 6.07 Å². The number of anilines is 1. The Kier molecular flexibility index (Phi) is 3.99. The van der Waals surface area contributed by atoms with Crippen LogP contribution in [0.1, 0.15) is 25.6 Å². The number of carboxylic acid groups (broad SMARTS) is 1. The number of rotatable bonds is 4. The summed E-state index contributed by atoms with van der Waals surface area (Å²) in [5.41, 5.74) is 0.538. The third-order valence-corrected chi connectivity index (χ3v) is 3.82. The molecular weight excluding hydrogens is 286 g/mol. The molecule has 0 saturated carbocycles. The minimum atomic E-state index is -0.718. The van der Waals surface area contributed by atoms with Gasteiger partial charge in [-0.05, 0) is 25.0 Å². The topological polar surface area (TPSA) is 105 Å². The van der Waals surface area contributed by atoms with Crippen molar-refractivity contribution in [1.82, 2.24) is 20.3 Å². The van der Waals surface area contributed by atoms with Crippen molar-refractivity contribution >= 4 is 11.8 Å². The van der Waals surface area contributed by atoms with Gasteiger partial charge in [0.2, 0.25) is 0 Å². The summed E-state index contributed by atoms with van der Waals surface area (Å²) < 4.78 is 5.12. The molecule has 1 saturated heterocycles. The average molecular weight is 303 g/mol. The maximum absolute atomic E-state index is 11.0. The van der Waals surface area contributed by atoms with Crippen LogP contribution in [0.3, 0.4) is 0 Å². The lowest BCUT2D eigenvalue weighted by atomic mass is 9.97. The van der Waals surface area contributed by atoms with Crippen LogP contribution in [0.25, 0.3) is 11.6 Å². The van der Waals surface area contributed by atoms with E-state index in [2.05, 4.69) is 20.3 Å². The third kappa shape index (κ3) is 2.90. The summed E-state index contributed by atoms with van der Waals surface area (Å²) in [6, 6.07) is 3.64. The van der Waals surface area contributed by atoms with Crippen molar-refractivity contribution in [2.75, 3.05) is 18.0 Å². The highest BCUT2D eigenvalue weighted by molar-refractivity contribution is 5.70. The molecule has 0 spiro atoms. The first kappa shape index (κ1) is 14.4. The highest BCUT2D eigenvalue weighted by atomic mass is 16.5. The summed E-state index contributed by atoms with van der Waals surface area (Å²) in [4.78, 5) is 17.2. The van der Waals surface area contributed by atoms with Gasteiger partial charge in [-0.15, -0.1) is 10.2 Å². The highest BCUT2D eigenvalue weighted by Gasteiger charge is 2.25. The number of aliphatic carboxylic acids is 1. The average Bonchev–Trinajstić information content (AvgIpc) is 3.04. The summed E-state index contributed by atoms with van der Waals surface area (Å²) in [6.45, 7) is 3.29. The van der Waals surface area contributed by atoms with Crippen molar-refractivity contribution in [2.24, 2.45) is 5.92 Å². The van der Waals surface area contributed by atoms with E-state index in [4.69, 9.17) is 9.63 Å². The van der Waals surface area contributed by atoms with Gasteiger partial charge < -0.3 is 14.5 Å². The zero-order chi connectivity index (χ0) is 15.5. The number of aryl methyl sites for hydroxylation is 1. The van der Waals surface area contributed by atoms with Crippen molar-refractivity contribution in [3.05, 3.63) is 18.0 Å². The molecule has 22 heavy (non-hydrogen) atoms. The summed E-state index contributed by atoms with van der Waals surface area (Å²) in [6.07, 6.45) is 1.96. The van der Waals surface area contributed by atoms with E-state index in [0.29, 0.717) is 49.8 Å². The fourth-order valence-corrected chi connectivity index (χ4v) is 2.47. The molecule has 0 amide bonds. The lowest BCUT2D eigenvalue weighted by Gasteiger charge is -2.30. The molecule has 2 aromatic heterocycles. The van der Waals surface area contributed by atoms with Gasteiger partial charge in [0.1, 0.15) is 0 Å². The molecule has 0 unspecified atom stereocenters. The Labute approximate surface area is 127 Å². The molecule has 0 aliphatic carbocycles. The Morgan fingerprint density at radius 3 is 2.68 bits per heavy atom. The van der Waals surface area contributed by atoms with Gasteiger partial charge in [-0.25, -0.2) is 0 Å². The zero-order valence-corrected chi connectivity index (χ0v) is 12.3. The molecule has 0 atom stereocenters. The van der Waals surface area contributed by atoms with Gasteiger partial charge >= 0.3 is 5.97 Å². The molecule has 1 aliphatic heterocycles. The van der Waals surface area contributed by atoms with E-state index >= 15 is 0 Å². The Bertz CT molecular complexity index is 647. The predicted octanol–water partition coefficient (Wildman–Crippen LogP) is 1.39. The lowest BCUT2D eigenvalue weighted by Crippen LogP contribution is -2.36. The number of carbonyl (C=O) groups is 1. The third-order valence-electron chi connectivity index (χ3n) is 3.82. The van der Waals surface area contributed by atoms with Crippen LogP contribution in [0.4, 0.5) is 5.82 Å². The fraction of sp³-hybridized carbons (Fsp3) is 0.500. The number of carboxylic acids is 1. The van der Waals surface area contributed by atoms with E-state index in [0.717, 1.165) is 5.82 Å². The zero-order valence-electron chi connectivity index (χ0n) is 12.3. The minimum Gasteiger partial charge on any atom is -0.481 e. The predicted molar refractivity (Wildman–Crippen MR) is 77.3 cm³/mol. The van der Waals surface area contributed by atoms with E-state index in [1.165, 1.54) is 0 Å². The molecule has 3 heterocycles. The van der Waals surface area contributed by atoms with Crippen LogP contribution in [-0.4, -0.2) is 44.5 Å². The van der Waals surface area contributed by atoms with E-state index in [9.17, 15) is 4.79 Å². The number of piperidine rings is 1. The van der Waals surface area contributed by atoms with Gasteiger partial charge in [-0.1, -0.05) is 12.1 Å². The molecule has 1 aliphatic rings. The second-order valence-corrected chi connectivity index (χ2v) is 5.25. The van der Waals surface area contributed by atoms with Gasteiger partial charge in [0, 0.05) is 19.5 Å². The Morgan fingerprint density at radius 1 is 1.36 bits per heavy atom. The highest BCUT2D eigenvalue weighted by Crippen LogP contribution is 2.23. The summed E-state index contributed by atoms with van der Waals surface area (Å²) in [5, 5.41) is 21.1. The van der Waals surface area contributed by atoms with Crippen LogP contribution in [0.5, 0.6) is 0 Å². The van der Waals surface area contributed by atoms with E-state index in [1.807, 2.05) is 17.9 Å². The fourth-order valence-electron chi connectivity index (χ4n) is 2.47. The van der Waals surface area contributed by atoms with Crippen molar-refractivity contribution in [2.45, 2.75) is 26.2 Å². The SMILES string of the molecule is CCc1noc(-c2ccc(N3CCC(C(=O)O)CC3)nn2)n1.